The molecule has 0 aromatic heterocycles. The Bertz CT molecular complexity index is 352. The molecule has 3 nitrogen and oxygen atoms in total. The average Bonchev–Trinajstić information content (AvgIpc) is 2.17. The molecule has 1 aromatic rings. The smallest absolute Gasteiger partial charge is 0.254 e. The molecule has 74 valence electrons. The third kappa shape index (κ3) is 2.57. The number of halogens is 1. The summed E-state index contributed by atoms with van der Waals surface area (Å²) >= 11 is 5.73. The molecule has 14 heavy (non-hydrogen) atoms. The summed E-state index contributed by atoms with van der Waals surface area (Å²) in [6.07, 6.45) is 0.683. The molecule has 0 saturated carbocycles. The van der Waals surface area contributed by atoms with Crippen molar-refractivity contribution in [2.45, 2.75) is 0 Å². The molecule has 0 spiro atoms. The number of carbonyl (C=O) groups is 2. The predicted molar refractivity (Wildman–Crippen MR) is 54.5 cm³/mol. The average molecular weight is 212 g/mol. The van der Waals surface area contributed by atoms with Gasteiger partial charge >= 0.3 is 0 Å². The van der Waals surface area contributed by atoms with Gasteiger partial charge in [-0.1, -0.05) is 17.7 Å². The van der Waals surface area contributed by atoms with E-state index in [2.05, 4.69) is 0 Å². The highest BCUT2D eigenvalue weighted by atomic mass is 35.5. The Morgan fingerprint density at radius 2 is 2.29 bits per heavy atom. The molecule has 0 N–H and O–H groups in total. The normalized spacial score (nSPS) is 9.57. The van der Waals surface area contributed by atoms with Gasteiger partial charge in [-0.2, -0.15) is 0 Å². The molecule has 0 heterocycles. The van der Waals surface area contributed by atoms with Gasteiger partial charge in [-0.25, -0.2) is 0 Å². The van der Waals surface area contributed by atoms with Gasteiger partial charge in [0.2, 0.25) is 0 Å². The molecule has 0 saturated heterocycles. The van der Waals surface area contributed by atoms with Crippen LogP contribution in [0.4, 0.5) is 0 Å². The number of benzene rings is 1. The number of likely N-dealkylation sites (N-methyl/N-ethyl adjacent to an activating group) is 1. The molecule has 0 atom stereocenters. The number of nitrogens with zero attached hydrogens (tertiary/aromatic N) is 1. The fourth-order valence-electron chi connectivity index (χ4n) is 1.04. The molecule has 1 amide bonds. The van der Waals surface area contributed by atoms with Gasteiger partial charge in [-0.15, -0.1) is 0 Å². The molecule has 0 aliphatic carbocycles. The SMILES string of the molecule is CN(CC=O)C(=O)c1cccc(Cl)c1. The summed E-state index contributed by atoms with van der Waals surface area (Å²) in [5.41, 5.74) is 0.488. The lowest BCUT2D eigenvalue weighted by Gasteiger charge is -2.13. The summed E-state index contributed by atoms with van der Waals surface area (Å²) in [4.78, 5) is 23.1. The molecule has 0 unspecified atom stereocenters. The van der Waals surface area contributed by atoms with Crippen molar-refractivity contribution in [1.82, 2.24) is 4.90 Å². The lowest BCUT2D eigenvalue weighted by molar-refractivity contribution is -0.108. The Morgan fingerprint density at radius 3 is 2.86 bits per heavy atom. The lowest BCUT2D eigenvalue weighted by Crippen LogP contribution is -2.28. The van der Waals surface area contributed by atoms with Crippen LogP contribution in [0.15, 0.2) is 24.3 Å². The number of hydrogen-bond donors (Lipinski definition) is 0. The number of hydrogen-bond acceptors (Lipinski definition) is 2. The maximum atomic E-state index is 11.6. The van der Waals surface area contributed by atoms with Crippen LogP contribution in [0.2, 0.25) is 5.02 Å². The van der Waals surface area contributed by atoms with Crippen LogP contribution in [0.25, 0.3) is 0 Å². The zero-order chi connectivity index (χ0) is 10.6. The minimum atomic E-state index is -0.209. The second-order valence-electron chi connectivity index (χ2n) is 2.86. The second-order valence-corrected chi connectivity index (χ2v) is 3.30. The van der Waals surface area contributed by atoms with Gasteiger partial charge in [0.25, 0.3) is 5.91 Å². The van der Waals surface area contributed by atoms with Crippen LogP contribution >= 0.6 is 11.6 Å². The first-order valence-electron chi connectivity index (χ1n) is 4.10. The van der Waals surface area contributed by atoms with Gasteiger partial charge in [0, 0.05) is 17.6 Å². The third-order valence-electron chi connectivity index (χ3n) is 1.77. The highest BCUT2D eigenvalue weighted by Gasteiger charge is 2.10. The van der Waals surface area contributed by atoms with Crippen molar-refractivity contribution in [3.8, 4) is 0 Å². The molecule has 0 fully saturated rings. The van der Waals surface area contributed by atoms with Crippen LogP contribution in [-0.2, 0) is 4.79 Å². The van der Waals surface area contributed by atoms with Crippen molar-refractivity contribution in [2.24, 2.45) is 0 Å². The third-order valence-corrected chi connectivity index (χ3v) is 2.00. The Labute approximate surface area is 87.3 Å². The van der Waals surface area contributed by atoms with E-state index in [-0.39, 0.29) is 12.5 Å². The van der Waals surface area contributed by atoms with Crippen LogP contribution < -0.4 is 0 Å². The van der Waals surface area contributed by atoms with E-state index in [1.807, 2.05) is 0 Å². The molecular weight excluding hydrogens is 202 g/mol. The fraction of sp³-hybridized carbons (Fsp3) is 0.200. The molecule has 1 aromatic carbocycles. The summed E-state index contributed by atoms with van der Waals surface area (Å²) in [6.45, 7) is 0.0886. The molecule has 0 aliphatic rings. The van der Waals surface area contributed by atoms with E-state index in [0.29, 0.717) is 16.9 Å². The van der Waals surface area contributed by atoms with E-state index in [1.54, 1.807) is 31.3 Å². The standard InChI is InChI=1S/C10H10ClNO2/c1-12(5-6-13)10(14)8-3-2-4-9(11)7-8/h2-4,6-7H,5H2,1H3. The van der Waals surface area contributed by atoms with E-state index in [9.17, 15) is 9.59 Å². The minimum absolute atomic E-state index is 0.0886. The Hall–Kier alpha value is -1.35. The van der Waals surface area contributed by atoms with Gasteiger partial charge in [-0.3, -0.25) is 4.79 Å². The van der Waals surface area contributed by atoms with E-state index in [4.69, 9.17) is 11.6 Å². The Kier molecular flexibility index (Phi) is 3.65. The van der Waals surface area contributed by atoms with Crippen LogP contribution in [0.1, 0.15) is 10.4 Å². The van der Waals surface area contributed by atoms with Crippen LogP contribution in [0.3, 0.4) is 0 Å². The zero-order valence-electron chi connectivity index (χ0n) is 7.74. The van der Waals surface area contributed by atoms with Gasteiger partial charge in [0.15, 0.2) is 0 Å². The fourth-order valence-corrected chi connectivity index (χ4v) is 1.23. The minimum Gasteiger partial charge on any atom is -0.335 e. The number of amides is 1. The van der Waals surface area contributed by atoms with Crippen molar-refractivity contribution in [2.75, 3.05) is 13.6 Å². The van der Waals surface area contributed by atoms with E-state index in [1.165, 1.54) is 4.90 Å². The van der Waals surface area contributed by atoms with Crippen molar-refractivity contribution in [3.05, 3.63) is 34.9 Å². The summed E-state index contributed by atoms with van der Waals surface area (Å²) < 4.78 is 0. The van der Waals surface area contributed by atoms with Crippen molar-refractivity contribution >= 4 is 23.8 Å². The highest BCUT2D eigenvalue weighted by Crippen LogP contribution is 2.11. The summed E-state index contributed by atoms with van der Waals surface area (Å²) in [5.74, 6) is -0.209. The number of carbonyl (C=O) groups excluding carboxylic acids is 2. The van der Waals surface area contributed by atoms with Crippen LogP contribution in [0.5, 0.6) is 0 Å². The topological polar surface area (TPSA) is 37.4 Å². The Morgan fingerprint density at radius 1 is 1.57 bits per heavy atom. The summed E-state index contributed by atoms with van der Waals surface area (Å²) in [5, 5.41) is 0.510. The van der Waals surface area contributed by atoms with Gasteiger partial charge < -0.3 is 9.69 Å². The first-order chi connectivity index (χ1) is 6.65. The van der Waals surface area contributed by atoms with Crippen LogP contribution in [0, 0.1) is 0 Å². The maximum absolute atomic E-state index is 11.6. The molecule has 4 heteroatoms. The molecule has 0 radical (unpaired) electrons. The Balaban J connectivity index is 2.83. The largest absolute Gasteiger partial charge is 0.335 e. The maximum Gasteiger partial charge on any atom is 0.254 e. The first-order valence-corrected chi connectivity index (χ1v) is 4.47. The van der Waals surface area contributed by atoms with Gasteiger partial charge in [0.1, 0.15) is 6.29 Å². The summed E-state index contributed by atoms with van der Waals surface area (Å²) in [7, 11) is 1.57. The number of rotatable bonds is 3. The number of aldehydes is 1. The van der Waals surface area contributed by atoms with Crippen molar-refractivity contribution in [3.63, 3.8) is 0 Å². The molecular formula is C10H10ClNO2. The van der Waals surface area contributed by atoms with E-state index < -0.39 is 0 Å². The zero-order valence-corrected chi connectivity index (χ0v) is 8.49. The monoisotopic (exact) mass is 211 g/mol. The first kappa shape index (κ1) is 10.7. The predicted octanol–water partition coefficient (Wildman–Crippen LogP) is 1.61. The van der Waals surface area contributed by atoms with Crippen molar-refractivity contribution < 1.29 is 9.59 Å². The molecule has 0 aliphatic heterocycles. The summed E-state index contributed by atoms with van der Waals surface area (Å²) in [6, 6.07) is 6.63. The van der Waals surface area contributed by atoms with E-state index >= 15 is 0 Å². The quantitative estimate of drug-likeness (QED) is 0.713. The highest BCUT2D eigenvalue weighted by molar-refractivity contribution is 6.30. The second kappa shape index (κ2) is 4.77. The molecule has 1 rings (SSSR count). The lowest BCUT2D eigenvalue weighted by atomic mass is 10.2. The van der Waals surface area contributed by atoms with Gasteiger partial charge in [-0.05, 0) is 18.2 Å². The van der Waals surface area contributed by atoms with E-state index in [0.717, 1.165) is 0 Å². The van der Waals surface area contributed by atoms with Gasteiger partial charge in [0.05, 0.1) is 6.54 Å². The molecule has 0 bridgehead atoms. The van der Waals surface area contributed by atoms with Crippen LogP contribution in [-0.4, -0.2) is 30.7 Å². The van der Waals surface area contributed by atoms with Crippen molar-refractivity contribution in [1.29, 1.82) is 0 Å².